The molecule has 0 unspecified atom stereocenters. The fourth-order valence-corrected chi connectivity index (χ4v) is 0.922. The van der Waals surface area contributed by atoms with E-state index in [1.54, 1.807) is 13.0 Å². The number of rotatable bonds is 2. The van der Waals surface area contributed by atoms with Gasteiger partial charge in [-0.05, 0) is 24.6 Å². The van der Waals surface area contributed by atoms with E-state index < -0.39 is 5.97 Å². The first kappa shape index (κ1) is 8.59. The van der Waals surface area contributed by atoms with Gasteiger partial charge in [-0.25, -0.2) is 4.79 Å². The Labute approximate surface area is 70.9 Å². The molecule has 1 rings (SSSR count). The number of nitrogens with zero attached hydrogens (tertiary/aromatic N) is 1. The van der Waals surface area contributed by atoms with E-state index in [0.717, 1.165) is 5.56 Å². The molecule has 1 heterocycles. The molecule has 12 heavy (non-hydrogen) atoms. The zero-order valence-electron chi connectivity index (χ0n) is 7.11. The van der Waals surface area contributed by atoms with Crippen molar-refractivity contribution in [2.75, 3.05) is 0 Å². The van der Waals surface area contributed by atoms with Crippen LogP contribution in [0.3, 0.4) is 0 Å². The number of aliphatic carboxylic acids is 1. The predicted octanol–water partition coefficient (Wildman–Crippen LogP) is 1.51. The summed E-state index contributed by atoms with van der Waals surface area (Å²) < 4.78 is 1.88. The molecule has 0 aliphatic heterocycles. The first-order chi connectivity index (χ1) is 5.59. The SMILES string of the molecule is CC(=Cc1ccn(C)c1)C(=O)O. The lowest BCUT2D eigenvalue weighted by Crippen LogP contribution is -1.94. The summed E-state index contributed by atoms with van der Waals surface area (Å²) >= 11 is 0. The molecule has 1 N–H and O–H groups in total. The molecule has 1 aromatic heterocycles. The van der Waals surface area contributed by atoms with Gasteiger partial charge in [0.1, 0.15) is 0 Å². The Morgan fingerprint density at radius 3 is 2.75 bits per heavy atom. The van der Waals surface area contributed by atoms with Crippen LogP contribution in [0.5, 0.6) is 0 Å². The quantitative estimate of drug-likeness (QED) is 0.675. The Morgan fingerprint density at radius 2 is 2.33 bits per heavy atom. The molecule has 0 spiro atoms. The summed E-state index contributed by atoms with van der Waals surface area (Å²) in [6, 6.07) is 1.87. The first-order valence-electron chi connectivity index (χ1n) is 3.63. The monoisotopic (exact) mass is 165 g/mol. The van der Waals surface area contributed by atoms with E-state index in [1.807, 2.05) is 30.1 Å². The molecule has 0 aliphatic carbocycles. The summed E-state index contributed by atoms with van der Waals surface area (Å²) in [5, 5.41) is 8.58. The minimum Gasteiger partial charge on any atom is -0.478 e. The van der Waals surface area contributed by atoms with E-state index in [4.69, 9.17) is 5.11 Å². The van der Waals surface area contributed by atoms with Crippen molar-refractivity contribution in [2.24, 2.45) is 7.05 Å². The number of carboxylic acids is 1. The molecule has 1 aromatic rings. The van der Waals surface area contributed by atoms with E-state index >= 15 is 0 Å². The van der Waals surface area contributed by atoms with Gasteiger partial charge in [0.25, 0.3) is 0 Å². The Morgan fingerprint density at radius 1 is 1.67 bits per heavy atom. The first-order valence-corrected chi connectivity index (χ1v) is 3.63. The largest absolute Gasteiger partial charge is 0.478 e. The van der Waals surface area contributed by atoms with Gasteiger partial charge >= 0.3 is 5.97 Å². The Bertz CT molecular complexity index is 323. The molecule has 0 aliphatic rings. The van der Waals surface area contributed by atoms with Gasteiger partial charge in [0.2, 0.25) is 0 Å². The van der Waals surface area contributed by atoms with Crippen molar-refractivity contribution in [1.29, 1.82) is 0 Å². The van der Waals surface area contributed by atoms with E-state index in [-0.39, 0.29) is 0 Å². The lowest BCUT2D eigenvalue weighted by Gasteiger charge is -1.90. The number of carboxylic acid groups (broad SMARTS) is 1. The van der Waals surface area contributed by atoms with Crippen molar-refractivity contribution >= 4 is 12.0 Å². The zero-order chi connectivity index (χ0) is 9.14. The van der Waals surface area contributed by atoms with Crippen molar-refractivity contribution in [1.82, 2.24) is 4.57 Å². The van der Waals surface area contributed by atoms with Gasteiger partial charge in [0, 0.05) is 25.0 Å². The van der Waals surface area contributed by atoms with Crippen LogP contribution in [0.4, 0.5) is 0 Å². The van der Waals surface area contributed by atoms with E-state index in [2.05, 4.69) is 0 Å². The smallest absolute Gasteiger partial charge is 0.331 e. The predicted molar refractivity (Wildman–Crippen MR) is 46.7 cm³/mol. The molecular formula is C9H11NO2. The van der Waals surface area contributed by atoms with Crippen molar-refractivity contribution in [3.63, 3.8) is 0 Å². The summed E-state index contributed by atoms with van der Waals surface area (Å²) in [4.78, 5) is 10.4. The van der Waals surface area contributed by atoms with Crippen molar-refractivity contribution in [3.05, 3.63) is 29.6 Å². The average Bonchev–Trinajstić information content (AvgIpc) is 2.35. The van der Waals surface area contributed by atoms with Crippen LogP contribution in [0.25, 0.3) is 6.08 Å². The molecule has 3 heteroatoms. The highest BCUT2D eigenvalue weighted by atomic mass is 16.4. The molecule has 64 valence electrons. The third-order valence-electron chi connectivity index (χ3n) is 1.58. The molecule has 0 saturated heterocycles. The second kappa shape index (κ2) is 3.26. The van der Waals surface area contributed by atoms with Gasteiger partial charge in [-0.15, -0.1) is 0 Å². The standard InChI is InChI=1S/C9H11NO2/c1-7(9(11)12)5-8-3-4-10(2)6-8/h3-6H,1-2H3,(H,11,12). The van der Waals surface area contributed by atoms with Crippen LogP contribution in [0.2, 0.25) is 0 Å². The maximum Gasteiger partial charge on any atom is 0.331 e. The highest BCUT2D eigenvalue weighted by Gasteiger charge is 1.99. The number of carbonyl (C=O) groups is 1. The molecule has 0 amide bonds. The van der Waals surface area contributed by atoms with E-state index in [0.29, 0.717) is 5.57 Å². The van der Waals surface area contributed by atoms with Gasteiger partial charge < -0.3 is 9.67 Å². The fourth-order valence-electron chi connectivity index (χ4n) is 0.922. The van der Waals surface area contributed by atoms with Crippen LogP contribution < -0.4 is 0 Å². The topological polar surface area (TPSA) is 42.2 Å². The van der Waals surface area contributed by atoms with Gasteiger partial charge in [0.15, 0.2) is 0 Å². The summed E-state index contributed by atoms with van der Waals surface area (Å²) in [5.74, 6) is -0.876. The lowest BCUT2D eigenvalue weighted by atomic mass is 10.2. The summed E-state index contributed by atoms with van der Waals surface area (Å²) in [7, 11) is 1.90. The second-order valence-corrected chi connectivity index (χ2v) is 2.74. The molecular weight excluding hydrogens is 154 g/mol. The third-order valence-corrected chi connectivity index (χ3v) is 1.58. The van der Waals surface area contributed by atoms with Crippen LogP contribution in [0.15, 0.2) is 24.0 Å². The molecule has 0 bridgehead atoms. The highest BCUT2D eigenvalue weighted by molar-refractivity contribution is 5.91. The molecule has 0 aromatic carbocycles. The van der Waals surface area contributed by atoms with Crippen LogP contribution in [0, 0.1) is 0 Å². The highest BCUT2D eigenvalue weighted by Crippen LogP contribution is 2.06. The molecule has 0 radical (unpaired) electrons. The Balaban J connectivity index is 2.87. The fraction of sp³-hybridized carbons (Fsp3) is 0.222. The van der Waals surface area contributed by atoms with Crippen molar-refractivity contribution in [3.8, 4) is 0 Å². The molecule has 3 nitrogen and oxygen atoms in total. The lowest BCUT2D eigenvalue weighted by molar-refractivity contribution is -0.132. The zero-order valence-corrected chi connectivity index (χ0v) is 7.11. The summed E-state index contributed by atoms with van der Waals surface area (Å²) in [5.41, 5.74) is 1.26. The van der Waals surface area contributed by atoms with Crippen LogP contribution in [-0.4, -0.2) is 15.6 Å². The number of aryl methyl sites for hydroxylation is 1. The van der Waals surface area contributed by atoms with Crippen LogP contribution in [-0.2, 0) is 11.8 Å². The van der Waals surface area contributed by atoms with E-state index in [1.165, 1.54) is 0 Å². The van der Waals surface area contributed by atoms with Crippen LogP contribution in [0.1, 0.15) is 12.5 Å². The van der Waals surface area contributed by atoms with Gasteiger partial charge in [0.05, 0.1) is 0 Å². The summed E-state index contributed by atoms with van der Waals surface area (Å²) in [6.45, 7) is 1.58. The second-order valence-electron chi connectivity index (χ2n) is 2.74. The third kappa shape index (κ3) is 1.99. The Hall–Kier alpha value is -1.51. The van der Waals surface area contributed by atoms with Gasteiger partial charge in [-0.2, -0.15) is 0 Å². The molecule has 0 atom stereocenters. The molecule has 0 saturated carbocycles. The minimum absolute atomic E-state index is 0.348. The number of hydrogen-bond acceptors (Lipinski definition) is 1. The molecule has 0 fully saturated rings. The van der Waals surface area contributed by atoms with Gasteiger partial charge in [-0.3, -0.25) is 0 Å². The van der Waals surface area contributed by atoms with Crippen molar-refractivity contribution in [2.45, 2.75) is 6.92 Å². The van der Waals surface area contributed by atoms with E-state index in [9.17, 15) is 4.79 Å². The van der Waals surface area contributed by atoms with Gasteiger partial charge in [-0.1, -0.05) is 0 Å². The number of aromatic nitrogens is 1. The average molecular weight is 165 g/mol. The van der Waals surface area contributed by atoms with Crippen molar-refractivity contribution < 1.29 is 9.90 Å². The van der Waals surface area contributed by atoms with Crippen LogP contribution >= 0.6 is 0 Å². The number of hydrogen-bond donors (Lipinski definition) is 1. The minimum atomic E-state index is -0.876. The Kier molecular flexibility index (Phi) is 2.33. The maximum atomic E-state index is 10.4. The summed E-state index contributed by atoms with van der Waals surface area (Å²) in [6.07, 6.45) is 5.38. The maximum absolute atomic E-state index is 10.4. The normalized spacial score (nSPS) is 11.7.